The van der Waals surface area contributed by atoms with Crippen LogP contribution in [0.5, 0.6) is 0 Å². The summed E-state index contributed by atoms with van der Waals surface area (Å²) in [4.78, 5) is 19.5. The van der Waals surface area contributed by atoms with E-state index in [1.165, 1.54) is 6.07 Å². The number of carbonyl (C=O) groups is 1. The molecular formula is C29H38FN3O. The highest BCUT2D eigenvalue weighted by Crippen LogP contribution is 2.34. The topological polar surface area (TPSA) is 26.8 Å². The van der Waals surface area contributed by atoms with Crippen molar-refractivity contribution in [3.8, 4) is 11.8 Å². The van der Waals surface area contributed by atoms with Crippen molar-refractivity contribution in [3.63, 3.8) is 0 Å². The number of aryl methyl sites for hydroxylation is 2. The third kappa shape index (κ3) is 6.68. The van der Waals surface area contributed by atoms with Crippen LogP contribution in [0.2, 0.25) is 0 Å². The molecule has 1 aliphatic rings. The SMILES string of the molecule is Cc1cc(C#CCN(C)CCN(C)C)cc(C)c1N1C[C@@H](Cc2ccccc2F)C[C@@H](C)C1=O. The van der Waals surface area contributed by atoms with Crippen molar-refractivity contribution in [2.45, 2.75) is 33.6 Å². The molecule has 1 heterocycles. The van der Waals surface area contributed by atoms with Crippen molar-refractivity contribution in [3.05, 3.63) is 64.5 Å². The molecule has 1 saturated heterocycles. The Labute approximate surface area is 204 Å². The van der Waals surface area contributed by atoms with E-state index in [0.29, 0.717) is 19.5 Å². The van der Waals surface area contributed by atoms with Gasteiger partial charge in [0.1, 0.15) is 5.82 Å². The highest BCUT2D eigenvalue weighted by molar-refractivity contribution is 5.97. The smallest absolute Gasteiger partial charge is 0.229 e. The molecular weight excluding hydrogens is 425 g/mol. The predicted octanol–water partition coefficient (Wildman–Crippen LogP) is 4.52. The number of piperidine rings is 1. The number of amides is 1. The van der Waals surface area contributed by atoms with Crippen LogP contribution < -0.4 is 4.90 Å². The van der Waals surface area contributed by atoms with Crippen LogP contribution in [0.15, 0.2) is 36.4 Å². The van der Waals surface area contributed by atoms with E-state index in [2.05, 4.69) is 68.8 Å². The maximum absolute atomic E-state index is 14.2. The molecule has 2 aromatic carbocycles. The fourth-order valence-electron chi connectivity index (χ4n) is 4.79. The normalized spacial score (nSPS) is 18.4. The Hall–Kier alpha value is -2.68. The minimum atomic E-state index is -0.166. The Morgan fingerprint density at radius 3 is 2.41 bits per heavy atom. The molecule has 0 aliphatic carbocycles. The van der Waals surface area contributed by atoms with Gasteiger partial charge in [-0.25, -0.2) is 4.39 Å². The summed E-state index contributed by atoms with van der Waals surface area (Å²) >= 11 is 0. The van der Waals surface area contributed by atoms with Gasteiger partial charge >= 0.3 is 0 Å². The first-order chi connectivity index (χ1) is 16.2. The highest BCUT2D eigenvalue weighted by atomic mass is 19.1. The molecule has 5 heteroatoms. The zero-order valence-electron chi connectivity index (χ0n) is 21.5. The fourth-order valence-corrected chi connectivity index (χ4v) is 4.79. The van der Waals surface area contributed by atoms with Gasteiger partial charge in [0.05, 0.1) is 6.54 Å². The first-order valence-electron chi connectivity index (χ1n) is 12.1. The molecule has 0 spiro atoms. The molecule has 4 nitrogen and oxygen atoms in total. The Balaban J connectivity index is 1.76. The molecule has 0 radical (unpaired) electrons. The van der Waals surface area contributed by atoms with E-state index in [0.717, 1.165) is 47.5 Å². The van der Waals surface area contributed by atoms with E-state index < -0.39 is 0 Å². The molecule has 1 aliphatic heterocycles. The summed E-state index contributed by atoms with van der Waals surface area (Å²) < 4.78 is 14.2. The second kappa shape index (κ2) is 11.6. The Kier molecular flexibility index (Phi) is 8.88. The molecule has 2 atom stereocenters. The molecule has 2 aromatic rings. The van der Waals surface area contributed by atoms with Crippen molar-refractivity contribution >= 4 is 11.6 Å². The van der Waals surface area contributed by atoms with Crippen LogP contribution in [-0.4, -0.2) is 63.0 Å². The van der Waals surface area contributed by atoms with E-state index in [9.17, 15) is 9.18 Å². The summed E-state index contributed by atoms with van der Waals surface area (Å²) in [6.07, 6.45) is 1.43. The summed E-state index contributed by atoms with van der Waals surface area (Å²) in [5, 5.41) is 0. The van der Waals surface area contributed by atoms with Crippen LogP contribution in [0, 0.1) is 43.3 Å². The third-order valence-electron chi connectivity index (χ3n) is 6.55. The standard InChI is InChI=1S/C29H38FN3O/c1-21-16-24(10-9-13-32(6)15-14-31(4)5)17-22(2)28(21)33-20-25(18-23(3)29(33)34)19-26-11-7-8-12-27(26)30/h7-8,11-12,16-17,23,25H,13-15,18-20H2,1-6H3/t23-,25-/m1/s1. The minimum Gasteiger partial charge on any atom is -0.311 e. The van der Waals surface area contributed by atoms with Gasteiger partial charge in [0, 0.05) is 36.8 Å². The maximum Gasteiger partial charge on any atom is 0.229 e. The molecule has 1 amide bonds. The second-order valence-corrected chi connectivity index (χ2v) is 10.0. The van der Waals surface area contributed by atoms with Gasteiger partial charge in [-0.1, -0.05) is 37.0 Å². The van der Waals surface area contributed by atoms with Crippen molar-refractivity contribution in [2.24, 2.45) is 11.8 Å². The number of hydrogen-bond donors (Lipinski definition) is 0. The Morgan fingerprint density at radius 1 is 1.09 bits per heavy atom. The molecule has 3 rings (SSSR count). The Morgan fingerprint density at radius 2 is 1.76 bits per heavy atom. The number of rotatable bonds is 7. The van der Waals surface area contributed by atoms with Gasteiger partial charge in [0.15, 0.2) is 0 Å². The quantitative estimate of drug-likeness (QED) is 0.565. The number of hydrogen-bond acceptors (Lipinski definition) is 3. The largest absolute Gasteiger partial charge is 0.311 e. The molecule has 182 valence electrons. The van der Waals surface area contributed by atoms with E-state index in [4.69, 9.17) is 0 Å². The molecule has 1 fully saturated rings. The number of likely N-dealkylation sites (N-methyl/N-ethyl adjacent to an activating group) is 2. The minimum absolute atomic E-state index is 0.0819. The number of halogens is 1. The summed E-state index contributed by atoms with van der Waals surface area (Å²) in [5.41, 5.74) is 4.78. The van der Waals surface area contributed by atoms with Crippen LogP contribution >= 0.6 is 0 Å². The lowest BCUT2D eigenvalue weighted by Crippen LogP contribution is -2.46. The fraction of sp³-hybridized carbons (Fsp3) is 0.483. The Bertz CT molecular complexity index is 1050. The van der Waals surface area contributed by atoms with Crippen molar-refractivity contribution < 1.29 is 9.18 Å². The van der Waals surface area contributed by atoms with Crippen LogP contribution in [0.25, 0.3) is 0 Å². The molecule has 0 N–H and O–H groups in total. The van der Waals surface area contributed by atoms with Crippen LogP contribution in [0.1, 0.15) is 35.6 Å². The average molecular weight is 464 g/mol. The molecule has 0 unspecified atom stereocenters. The molecule has 0 bridgehead atoms. The van der Waals surface area contributed by atoms with Crippen LogP contribution in [-0.2, 0) is 11.2 Å². The van der Waals surface area contributed by atoms with Crippen molar-refractivity contribution in [1.29, 1.82) is 0 Å². The lowest BCUT2D eigenvalue weighted by molar-refractivity contribution is -0.124. The van der Waals surface area contributed by atoms with E-state index in [1.54, 1.807) is 6.07 Å². The third-order valence-corrected chi connectivity index (χ3v) is 6.55. The van der Waals surface area contributed by atoms with Gasteiger partial charge in [-0.15, -0.1) is 0 Å². The van der Waals surface area contributed by atoms with Crippen LogP contribution in [0.4, 0.5) is 10.1 Å². The van der Waals surface area contributed by atoms with Gasteiger partial charge in [0.25, 0.3) is 0 Å². The van der Waals surface area contributed by atoms with Crippen molar-refractivity contribution in [1.82, 2.24) is 9.80 Å². The number of benzene rings is 2. The monoisotopic (exact) mass is 463 g/mol. The summed E-state index contributed by atoms with van der Waals surface area (Å²) in [6, 6.07) is 11.1. The summed E-state index contributed by atoms with van der Waals surface area (Å²) in [6.45, 7) is 9.39. The van der Waals surface area contributed by atoms with Gasteiger partial charge in [-0.05, 0) is 88.6 Å². The molecule has 0 aromatic heterocycles. The van der Waals surface area contributed by atoms with Crippen LogP contribution in [0.3, 0.4) is 0 Å². The van der Waals surface area contributed by atoms with Gasteiger partial charge in [-0.2, -0.15) is 0 Å². The van der Waals surface area contributed by atoms with Gasteiger partial charge < -0.3 is 9.80 Å². The lowest BCUT2D eigenvalue weighted by Gasteiger charge is -2.38. The van der Waals surface area contributed by atoms with Gasteiger partial charge in [-0.3, -0.25) is 9.69 Å². The molecule has 0 saturated carbocycles. The number of carbonyl (C=O) groups excluding carboxylic acids is 1. The van der Waals surface area contributed by atoms with E-state index in [1.807, 2.05) is 24.0 Å². The highest BCUT2D eigenvalue weighted by Gasteiger charge is 2.34. The van der Waals surface area contributed by atoms with E-state index >= 15 is 0 Å². The lowest BCUT2D eigenvalue weighted by atomic mass is 9.84. The van der Waals surface area contributed by atoms with Crippen molar-refractivity contribution in [2.75, 3.05) is 52.2 Å². The predicted molar refractivity (Wildman–Crippen MR) is 139 cm³/mol. The van der Waals surface area contributed by atoms with E-state index in [-0.39, 0.29) is 23.6 Å². The first kappa shape index (κ1) is 25.9. The zero-order valence-corrected chi connectivity index (χ0v) is 21.5. The molecule has 34 heavy (non-hydrogen) atoms. The zero-order chi connectivity index (χ0) is 24.8. The number of anilines is 1. The second-order valence-electron chi connectivity index (χ2n) is 10.0. The average Bonchev–Trinajstić information content (AvgIpc) is 2.76. The summed E-state index contributed by atoms with van der Waals surface area (Å²) in [5.74, 6) is 6.69. The maximum atomic E-state index is 14.2. The first-order valence-corrected chi connectivity index (χ1v) is 12.1. The number of nitrogens with zero attached hydrogens (tertiary/aromatic N) is 3. The van der Waals surface area contributed by atoms with Gasteiger partial charge in [0.2, 0.25) is 5.91 Å². The summed E-state index contributed by atoms with van der Waals surface area (Å²) in [7, 11) is 6.23.